The third kappa shape index (κ3) is 2.81. The molecule has 1 aliphatic rings. The quantitative estimate of drug-likeness (QED) is 0.471. The van der Waals surface area contributed by atoms with Gasteiger partial charge in [0.15, 0.2) is 0 Å². The smallest absolute Gasteiger partial charge is 0.270 e. The first-order valence-corrected chi connectivity index (χ1v) is 7.39. The van der Waals surface area contributed by atoms with Gasteiger partial charge in [-0.15, -0.1) is 0 Å². The molecule has 0 saturated carbocycles. The van der Waals surface area contributed by atoms with Gasteiger partial charge in [-0.3, -0.25) is 24.6 Å². The van der Waals surface area contributed by atoms with Gasteiger partial charge in [0, 0.05) is 12.1 Å². The fourth-order valence-corrected chi connectivity index (χ4v) is 2.59. The minimum Gasteiger partial charge on any atom is -0.490 e. The monoisotopic (exact) mass is 346 g/mol. The summed E-state index contributed by atoms with van der Waals surface area (Å²) in [7, 11) is 0. The SMILES string of the molecule is O=C1c2ccc([N+](=O)[O-])cc2C(=O)N1CCOc1ccccc1Cl. The summed E-state index contributed by atoms with van der Waals surface area (Å²) in [5.41, 5.74) is -0.0423. The number of imide groups is 1. The third-order valence-electron chi connectivity index (χ3n) is 3.57. The summed E-state index contributed by atoms with van der Waals surface area (Å²) in [6.07, 6.45) is 0. The number of carbonyl (C=O) groups is 2. The lowest BCUT2D eigenvalue weighted by Gasteiger charge is -2.14. The zero-order valence-electron chi connectivity index (χ0n) is 12.3. The average molecular weight is 347 g/mol. The molecule has 2 aromatic rings. The van der Waals surface area contributed by atoms with Crippen LogP contribution in [0.15, 0.2) is 42.5 Å². The molecule has 0 N–H and O–H groups in total. The summed E-state index contributed by atoms with van der Waals surface area (Å²) in [5, 5.41) is 11.2. The van der Waals surface area contributed by atoms with Crippen molar-refractivity contribution in [3.8, 4) is 5.75 Å². The van der Waals surface area contributed by atoms with Crippen LogP contribution in [0.5, 0.6) is 5.75 Å². The number of fused-ring (bicyclic) bond motifs is 1. The maximum Gasteiger partial charge on any atom is 0.270 e. The molecule has 122 valence electrons. The summed E-state index contributed by atoms with van der Waals surface area (Å²) >= 11 is 5.96. The maximum absolute atomic E-state index is 12.3. The minimum absolute atomic E-state index is 0.0192. The molecule has 0 aromatic heterocycles. The summed E-state index contributed by atoms with van der Waals surface area (Å²) < 4.78 is 5.47. The van der Waals surface area contributed by atoms with Crippen molar-refractivity contribution in [3.05, 3.63) is 68.7 Å². The number of hydrogen-bond donors (Lipinski definition) is 0. The molecular weight excluding hydrogens is 336 g/mol. The fraction of sp³-hybridized carbons (Fsp3) is 0.125. The van der Waals surface area contributed by atoms with Crippen molar-refractivity contribution in [2.24, 2.45) is 0 Å². The zero-order chi connectivity index (χ0) is 17.3. The first-order chi connectivity index (χ1) is 11.5. The lowest BCUT2D eigenvalue weighted by atomic mass is 10.1. The molecule has 8 heteroatoms. The number of nitro groups is 1. The Morgan fingerprint density at radius 1 is 1.08 bits per heavy atom. The maximum atomic E-state index is 12.3. The Morgan fingerprint density at radius 3 is 2.50 bits per heavy atom. The van der Waals surface area contributed by atoms with E-state index in [1.165, 1.54) is 12.1 Å². The molecule has 0 radical (unpaired) electrons. The number of benzene rings is 2. The first-order valence-electron chi connectivity index (χ1n) is 7.01. The molecule has 2 amide bonds. The van der Waals surface area contributed by atoms with E-state index in [-0.39, 0.29) is 30.0 Å². The second kappa shape index (κ2) is 6.29. The molecule has 0 fully saturated rings. The van der Waals surface area contributed by atoms with Crippen LogP contribution in [0.25, 0.3) is 0 Å². The Morgan fingerprint density at radius 2 is 1.79 bits per heavy atom. The molecule has 0 bridgehead atoms. The van der Waals surface area contributed by atoms with E-state index in [9.17, 15) is 19.7 Å². The standard InChI is InChI=1S/C16H11ClN2O5/c17-13-3-1-2-4-14(13)24-8-7-18-15(20)11-6-5-10(19(22)23)9-12(11)16(18)21/h1-6,9H,7-8H2. The molecule has 0 atom stereocenters. The number of halogens is 1. The second-order valence-corrected chi connectivity index (χ2v) is 5.44. The van der Waals surface area contributed by atoms with Gasteiger partial charge in [0.1, 0.15) is 12.4 Å². The molecule has 0 spiro atoms. The third-order valence-corrected chi connectivity index (χ3v) is 3.89. The van der Waals surface area contributed by atoms with Crippen molar-refractivity contribution in [2.75, 3.05) is 13.2 Å². The molecule has 3 rings (SSSR count). The van der Waals surface area contributed by atoms with Crippen molar-refractivity contribution < 1.29 is 19.2 Å². The van der Waals surface area contributed by atoms with Crippen LogP contribution in [0, 0.1) is 10.1 Å². The highest BCUT2D eigenvalue weighted by atomic mass is 35.5. The lowest BCUT2D eigenvalue weighted by molar-refractivity contribution is -0.384. The van der Waals surface area contributed by atoms with E-state index in [4.69, 9.17) is 16.3 Å². The van der Waals surface area contributed by atoms with Crippen LogP contribution in [0.4, 0.5) is 5.69 Å². The van der Waals surface area contributed by atoms with Crippen LogP contribution in [0.2, 0.25) is 5.02 Å². The fourth-order valence-electron chi connectivity index (χ4n) is 2.40. The van der Waals surface area contributed by atoms with Crippen LogP contribution >= 0.6 is 11.6 Å². The van der Waals surface area contributed by atoms with Crippen molar-refractivity contribution in [3.63, 3.8) is 0 Å². The number of carbonyl (C=O) groups excluding carboxylic acids is 2. The summed E-state index contributed by atoms with van der Waals surface area (Å²) in [4.78, 5) is 35.7. The van der Waals surface area contributed by atoms with E-state index in [0.717, 1.165) is 11.0 Å². The number of amides is 2. The molecule has 7 nitrogen and oxygen atoms in total. The topological polar surface area (TPSA) is 89.8 Å². The first kappa shape index (κ1) is 15.9. The summed E-state index contributed by atoms with van der Waals surface area (Å²) in [5.74, 6) is -0.611. The highest BCUT2D eigenvalue weighted by Gasteiger charge is 2.36. The number of para-hydroxylation sites is 1. The highest BCUT2D eigenvalue weighted by molar-refractivity contribution is 6.32. The van der Waals surface area contributed by atoms with E-state index in [1.54, 1.807) is 24.3 Å². The number of hydrogen-bond acceptors (Lipinski definition) is 5. The van der Waals surface area contributed by atoms with E-state index in [0.29, 0.717) is 10.8 Å². The van der Waals surface area contributed by atoms with Crippen LogP contribution in [-0.4, -0.2) is 34.8 Å². The van der Waals surface area contributed by atoms with Gasteiger partial charge in [-0.25, -0.2) is 0 Å². The molecule has 1 aliphatic heterocycles. The van der Waals surface area contributed by atoms with Gasteiger partial charge in [0.2, 0.25) is 0 Å². The number of ether oxygens (including phenoxy) is 1. The summed E-state index contributed by atoms with van der Waals surface area (Å²) in [6, 6.07) is 10.5. The van der Waals surface area contributed by atoms with Crippen molar-refractivity contribution in [2.45, 2.75) is 0 Å². The number of non-ortho nitro benzene ring substituents is 1. The predicted octanol–water partition coefficient (Wildman–Crippen LogP) is 2.92. The van der Waals surface area contributed by atoms with Gasteiger partial charge in [-0.05, 0) is 18.2 Å². The number of rotatable bonds is 5. The Kier molecular flexibility index (Phi) is 4.18. The van der Waals surface area contributed by atoms with Crippen molar-refractivity contribution in [1.29, 1.82) is 0 Å². The average Bonchev–Trinajstić information content (AvgIpc) is 2.81. The number of nitro benzene ring substituents is 1. The normalized spacial score (nSPS) is 13.1. The molecule has 0 saturated heterocycles. The van der Waals surface area contributed by atoms with Gasteiger partial charge < -0.3 is 4.74 Å². The molecule has 1 heterocycles. The molecule has 0 aliphatic carbocycles. The van der Waals surface area contributed by atoms with Crippen LogP contribution in [-0.2, 0) is 0 Å². The summed E-state index contributed by atoms with van der Waals surface area (Å²) in [6.45, 7) is 0.0860. The van der Waals surface area contributed by atoms with Crippen LogP contribution in [0.3, 0.4) is 0 Å². The number of nitrogens with zero attached hydrogens (tertiary/aromatic N) is 2. The van der Waals surface area contributed by atoms with E-state index < -0.39 is 16.7 Å². The zero-order valence-corrected chi connectivity index (χ0v) is 13.0. The molecule has 0 unspecified atom stereocenters. The Balaban J connectivity index is 1.72. The van der Waals surface area contributed by atoms with Crippen LogP contribution < -0.4 is 4.74 Å². The Hall–Kier alpha value is -2.93. The van der Waals surface area contributed by atoms with Crippen molar-refractivity contribution >= 4 is 29.1 Å². The largest absolute Gasteiger partial charge is 0.490 e. The van der Waals surface area contributed by atoms with Gasteiger partial charge in [-0.2, -0.15) is 0 Å². The predicted molar refractivity (Wildman–Crippen MR) is 85.4 cm³/mol. The molecule has 24 heavy (non-hydrogen) atoms. The van der Waals surface area contributed by atoms with E-state index >= 15 is 0 Å². The molecule has 2 aromatic carbocycles. The van der Waals surface area contributed by atoms with Crippen LogP contribution in [0.1, 0.15) is 20.7 Å². The minimum atomic E-state index is -0.610. The Labute approximate surface area is 141 Å². The van der Waals surface area contributed by atoms with Gasteiger partial charge in [0.05, 0.1) is 27.6 Å². The van der Waals surface area contributed by atoms with E-state index in [1.807, 2.05) is 0 Å². The van der Waals surface area contributed by atoms with Gasteiger partial charge in [-0.1, -0.05) is 23.7 Å². The van der Waals surface area contributed by atoms with Crippen molar-refractivity contribution in [1.82, 2.24) is 4.90 Å². The van der Waals surface area contributed by atoms with Gasteiger partial charge >= 0.3 is 0 Å². The highest BCUT2D eigenvalue weighted by Crippen LogP contribution is 2.27. The lowest BCUT2D eigenvalue weighted by Crippen LogP contribution is -2.33. The Bertz CT molecular complexity index is 852. The van der Waals surface area contributed by atoms with E-state index in [2.05, 4.69) is 0 Å². The van der Waals surface area contributed by atoms with Gasteiger partial charge in [0.25, 0.3) is 17.5 Å². The second-order valence-electron chi connectivity index (χ2n) is 5.03. The molecular formula is C16H11ClN2O5.